The Morgan fingerprint density at radius 1 is 0.850 bits per heavy atom. The first-order valence-corrected chi connectivity index (χ1v) is 14.0. The fraction of sp³-hybridized carbons (Fsp3) is 0.655. The van der Waals surface area contributed by atoms with Gasteiger partial charge in [-0.05, 0) is 49.8 Å². The molecule has 0 bridgehead atoms. The maximum Gasteiger partial charge on any atom is 0.513 e. The molecule has 2 N–H and O–H groups in total. The summed E-state index contributed by atoms with van der Waals surface area (Å²) in [6.07, 6.45) is 2.90. The topological polar surface area (TPSA) is 147 Å². The van der Waals surface area contributed by atoms with Crippen LogP contribution < -0.4 is 14.8 Å². The summed E-state index contributed by atoms with van der Waals surface area (Å²) in [6, 6.07) is 3.34. The summed E-state index contributed by atoms with van der Waals surface area (Å²) in [5.41, 5.74) is 0.488. The fourth-order valence-corrected chi connectivity index (χ4v) is 3.54. The molecule has 1 unspecified atom stereocenters. The Morgan fingerprint density at radius 3 is 1.95 bits per heavy atom. The highest BCUT2D eigenvalue weighted by Gasteiger charge is 2.22. The number of rotatable bonds is 19. The average Bonchev–Trinajstić information content (AvgIpc) is 2.87. The van der Waals surface area contributed by atoms with Crippen LogP contribution in [0.15, 0.2) is 18.2 Å². The number of aliphatic carboxylic acids is 1. The number of esters is 1. The van der Waals surface area contributed by atoms with Crippen molar-refractivity contribution >= 4 is 24.2 Å². The monoisotopic (exact) mass is 567 g/mol. The largest absolute Gasteiger partial charge is 0.513 e. The Bertz CT molecular complexity index is 933. The number of carbonyl (C=O) groups excluding carboxylic acids is 3. The molecule has 1 aromatic carbocycles. The Kier molecular flexibility index (Phi) is 17.1. The zero-order valence-electron chi connectivity index (χ0n) is 24.4. The first-order chi connectivity index (χ1) is 19.0. The van der Waals surface area contributed by atoms with E-state index < -0.39 is 30.4 Å². The smallest absolute Gasteiger partial charge is 0.480 e. The summed E-state index contributed by atoms with van der Waals surface area (Å²) in [7, 11) is 0. The minimum atomic E-state index is -1.12. The van der Waals surface area contributed by atoms with Crippen molar-refractivity contribution in [3.63, 3.8) is 0 Å². The number of carboxylic acids is 1. The van der Waals surface area contributed by atoms with Gasteiger partial charge in [0.15, 0.2) is 11.5 Å². The Hall–Kier alpha value is -3.34. The zero-order valence-corrected chi connectivity index (χ0v) is 24.4. The van der Waals surface area contributed by atoms with Crippen LogP contribution in [0, 0.1) is 5.92 Å². The van der Waals surface area contributed by atoms with Gasteiger partial charge >= 0.3 is 24.2 Å². The van der Waals surface area contributed by atoms with E-state index in [4.69, 9.17) is 23.7 Å². The molecule has 0 spiro atoms. The lowest BCUT2D eigenvalue weighted by Crippen LogP contribution is -2.42. The van der Waals surface area contributed by atoms with Gasteiger partial charge in [-0.25, -0.2) is 9.59 Å². The maximum atomic E-state index is 12.3. The molecule has 0 aliphatic rings. The van der Waals surface area contributed by atoms with E-state index in [-0.39, 0.29) is 56.0 Å². The van der Waals surface area contributed by atoms with E-state index in [1.807, 2.05) is 27.7 Å². The minimum Gasteiger partial charge on any atom is -0.480 e. The zero-order chi connectivity index (χ0) is 29.9. The number of benzene rings is 1. The van der Waals surface area contributed by atoms with Gasteiger partial charge in [0.1, 0.15) is 12.1 Å². The highest BCUT2D eigenvalue weighted by atomic mass is 16.7. The SMILES string of the molecule is CCCCCOC(=O)Oc1ccc(C[C@H](NCC(C)OC(=O)CC(C)C)C(=O)O)cc1OC(=O)OCCCCC. The molecule has 40 heavy (non-hydrogen) atoms. The van der Waals surface area contributed by atoms with Crippen LogP contribution >= 0.6 is 0 Å². The second kappa shape index (κ2) is 19.7. The van der Waals surface area contributed by atoms with Gasteiger partial charge in [-0.15, -0.1) is 0 Å². The maximum absolute atomic E-state index is 12.3. The lowest BCUT2D eigenvalue weighted by molar-refractivity contribution is -0.149. The molecule has 0 radical (unpaired) electrons. The second-order valence-electron chi connectivity index (χ2n) is 10.00. The molecule has 1 rings (SSSR count). The van der Waals surface area contributed by atoms with Crippen molar-refractivity contribution < 1.29 is 48.0 Å². The lowest BCUT2D eigenvalue weighted by atomic mass is 10.0. The first-order valence-electron chi connectivity index (χ1n) is 14.0. The summed E-state index contributed by atoms with van der Waals surface area (Å²) in [4.78, 5) is 48.2. The van der Waals surface area contributed by atoms with Gasteiger partial charge in [0.05, 0.1) is 13.2 Å². The van der Waals surface area contributed by atoms with Crippen LogP contribution in [-0.4, -0.2) is 61.3 Å². The molecule has 0 fully saturated rings. The van der Waals surface area contributed by atoms with Crippen LogP contribution in [0.1, 0.15) is 85.1 Å². The third kappa shape index (κ3) is 15.3. The quantitative estimate of drug-likeness (QED) is 0.0923. The molecule has 11 heteroatoms. The Labute approximate surface area is 236 Å². The molecular weight excluding hydrogens is 522 g/mol. The van der Waals surface area contributed by atoms with Crippen LogP contribution in [0.25, 0.3) is 0 Å². The van der Waals surface area contributed by atoms with Crippen LogP contribution in [0.2, 0.25) is 0 Å². The van der Waals surface area contributed by atoms with E-state index in [1.165, 1.54) is 12.1 Å². The number of ether oxygens (including phenoxy) is 5. The van der Waals surface area contributed by atoms with E-state index in [0.717, 1.165) is 25.7 Å². The molecule has 0 aliphatic carbocycles. The predicted octanol–water partition coefficient (Wildman–Crippen LogP) is 5.66. The highest BCUT2D eigenvalue weighted by Crippen LogP contribution is 2.30. The molecule has 2 atom stereocenters. The summed E-state index contributed by atoms with van der Waals surface area (Å²) in [5, 5.41) is 12.6. The summed E-state index contributed by atoms with van der Waals surface area (Å²) < 4.78 is 26.0. The van der Waals surface area contributed by atoms with Crippen molar-refractivity contribution in [3.8, 4) is 11.5 Å². The summed E-state index contributed by atoms with van der Waals surface area (Å²) in [5.74, 6) is -1.49. The number of hydrogen-bond donors (Lipinski definition) is 2. The standard InChI is InChI=1S/C29H45NO10/c1-6-8-10-14-36-28(34)39-24-13-12-22(18-25(24)40-29(35)37-15-11-9-7-2)17-23(27(32)33)30-19-21(5)38-26(31)16-20(3)4/h12-13,18,20-21,23,30H,6-11,14-17,19H2,1-5H3,(H,32,33)/t21?,23-/m0/s1. The van der Waals surface area contributed by atoms with Gasteiger partial charge < -0.3 is 34.1 Å². The van der Waals surface area contributed by atoms with Crippen molar-refractivity contribution in [1.29, 1.82) is 0 Å². The van der Waals surface area contributed by atoms with Crippen LogP contribution in [0.3, 0.4) is 0 Å². The number of carbonyl (C=O) groups is 4. The van der Waals surface area contributed by atoms with E-state index in [1.54, 1.807) is 13.0 Å². The van der Waals surface area contributed by atoms with Crippen molar-refractivity contribution in [2.75, 3.05) is 19.8 Å². The van der Waals surface area contributed by atoms with E-state index in [2.05, 4.69) is 5.32 Å². The van der Waals surface area contributed by atoms with Crippen molar-refractivity contribution in [2.45, 2.75) is 98.1 Å². The third-order valence-corrected chi connectivity index (χ3v) is 5.63. The normalized spacial score (nSPS) is 12.3. The van der Waals surface area contributed by atoms with Crippen molar-refractivity contribution in [1.82, 2.24) is 5.32 Å². The average molecular weight is 568 g/mol. The molecule has 11 nitrogen and oxygen atoms in total. The molecule has 0 aliphatic heterocycles. The highest BCUT2D eigenvalue weighted by molar-refractivity contribution is 5.74. The molecule has 0 amide bonds. The van der Waals surface area contributed by atoms with Crippen molar-refractivity contribution in [3.05, 3.63) is 23.8 Å². The van der Waals surface area contributed by atoms with E-state index in [9.17, 15) is 24.3 Å². The van der Waals surface area contributed by atoms with Gasteiger partial charge in [0.25, 0.3) is 0 Å². The van der Waals surface area contributed by atoms with Gasteiger partial charge in [-0.2, -0.15) is 0 Å². The molecule has 0 heterocycles. The molecular formula is C29H45NO10. The van der Waals surface area contributed by atoms with Crippen LogP contribution in [-0.2, 0) is 30.2 Å². The summed E-state index contributed by atoms with van der Waals surface area (Å²) in [6.45, 7) is 10.0. The molecule has 0 aromatic heterocycles. The number of carboxylic acid groups (broad SMARTS) is 1. The first kappa shape index (κ1) is 34.7. The van der Waals surface area contributed by atoms with Crippen molar-refractivity contribution in [2.24, 2.45) is 5.92 Å². The molecule has 0 saturated heterocycles. The molecule has 0 saturated carbocycles. The van der Waals surface area contributed by atoms with Gasteiger partial charge in [0, 0.05) is 13.0 Å². The summed E-state index contributed by atoms with van der Waals surface area (Å²) >= 11 is 0. The number of nitrogens with one attached hydrogen (secondary N) is 1. The minimum absolute atomic E-state index is 0.00560. The predicted molar refractivity (Wildman–Crippen MR) is 148 cm³/mol. The van der Waals surface area contributed by atoms with Gasteiger partial charge in [-0.1, -0.05) is 59.4 Å². The van der Waals surface area contributed by atoms with Crippen LogP contribution in [0.5, 0.6) is 11.5 Å². The fourth-order valence-electron chi connectivity index (χ4n) is 3.54. The lowest BCUT2D eigenvalue weighted by Gasteiger charge is -2.19. The molecule has 226 valence electrons. The van der Waals surface area contributed by atoms with E-state index in [0.29, 0.717) is 18.4 Å². The van der Waals surface area contributed by atoms with Gasteiger partial charge in [0.2, 0.25) is 0 Å². The third-order valence-electron chi connectivity index (χ3n) is 5.63. The number of unbranched alkanes of at least 4 members (excludes halogenated alkanes) is 4. The van der Waals surface area contributed by atoms with Crippen LogP contribution in [0.4, 0.5) is 9.59 Å². The van der Waals surface area contributed by atoms with E-state index >= 15 is 0 Å². The molecule has 1 aromatic rings. The second-order valence-corrected chi connectivity index (χ2v) is 10.00. The Balaban J connectivity index is 2.94. The Morgan fingerprint density at radius 2 is 1.43 bits per heavy atom. The van der Waals surface area contributed by atoms with Gasteiger partial charge in [-0.3, -0.25) is 9.59 Å². The number of hydrogen-bond acceptors (Lipinski definition) is 10.